The lowest BCUT2D eigenvalue weighted by molar-refractivity contribution is -0.169. The molecule has 0 saturated carbocycles. The molecule has 6 N–H and O–H groups in total. The second kappa shape index (κ2) is 5.20. The first-order valence-electron chi connectivity index (χ1n) is 4.71. The molecule has 0 aliphatic rings. The van der Waals surface area contributed by atoms with E-state index in [0.29, 0.717) is 0 Å². The quantitative estimate of drug-likeness (QED) is 0.309. The van der Waals surface area contributed by atoms with Crippen LogP contribution in [0.4, 0.5) is 0 Å². The molecule has 0 aromatic rings. The van der Waals surface area contributed by atoms with Gasteiger partial charge in [-0.3, -0.25) is 0 Å². The summed E-state index contributed by atoms with van der Waals surface area (Å²) in [6, 6.07) is 0. The Morgan fingerprint density at radius 1 is 0.800 bits per heavy atom. The summed E-state index contributed by atoms with van der Waals surface area (Å²) in [7, 11) is 0. The molecule has 5 atom stereocenters. The minimum Gasteiger partial charge on any atom is -0.391 e. The molecule has 0 bridgehead atoms. The molecular formula is C9H20O6. The van der Waals surface area contributed by atoms with E-state index >= 15 is 0 Å². The molecule has 0 fully saturated rings. The van der Waals surface area contributed by atoms with E-state index < -0.39 is 36.1 Å². The smallest absolute Gasteiger partial charge is 0.111 e. The molecule has 0 saturated heterocycles. The van der Waals surface area contributed by atoms with E-state index in [9.17, 15) is 25.5 Å². The van der Waals surface area contributed by atoms with Crippen molar-refractivity contribution in [2.75, 3.05) is 0 Å². The van der Waals surface area contributed by atoms with Gasteiger partial charge in [-0.1, -0.05) is 0 Å². The highest BCUT2D eigenvalue weighted by molar-refractivity contribution is 4.90. The maximum absolute atomic E-state index is 9.41. The van der Waals surface area contributed by atoms with Gasteiger partial charge >= 0.3 is 0 Å². The van der Waals surface area contributed by atoms with Gasteiger partial charge in [-0.25, -0.2) is 0 Å². The second-order valence-electron chi connectivity index (χ2n) is 4.31. The van der Waals surface area contributed by atoms with Crippen LogP contribution in [0.1, 0.15) is 20.8 Å². The van der Waals surface area contributed by atoms with Gasteiger partial charge < -0.3 is 30.6 Å². The molecule has 0 amide bonds. The third-order valence-electron chi connectivity index (χ3n) is 2.24. The Labute approximate surface area is 88.4 Å². The Hall–Kier alpha value is -0.240. The maximum atomic E-state index is 9.41. The Kier molecular flexibility index (Phi) is 5.12. The highest BCUT2D eigenvalue weighted by atomic mass is 16.4. The summed E-state index contributed by atoms with van der Waals surface area (Å²) >= 11 is 0. The molecule has 0 aromatic carbocycles. The SMILES string of the molecule is CC(O)[C@@H](O)[C@H](O)[C@@H](O)[C@H](O)C(C)(C)O. The van der Waals surface area contributed by atoms with Crippen molar-refractivity contribution in [1.82, 2.24) is 0 Å². The lowest BCUT2D eigenvalue weighted by Gasteiger charge is -2.33. The molecule has 6 heteroatoms. The zero-order valence-electron chi connectivity index (χ0n) is 9.07. The normalized spacial score (nSPS) is 23.0. The molecule has 0 spiro atoms. The fraction of sp³-hybridized carbons (Fsp3) is 1.00. The van der Waals surface area contributed by atoms with Crippen molar-refractivity contribution in [3.63, 3.8) is 0 Å². The first-order chi connectivity index (χ1) is 6.59. The Morgan fingerprint density at radius 2 is 1.20 bits per heavy atom. The van der Waals surface area contributed by atoms with Crippen LogP contribution >= 0.6 is 0 Å². The molecule has 0 aliphatic carbocycles. The molecular weight excluding hydrogens is 204 g/mol. The minimum absolute atomic E-state index is 1.23. The van der Waals surface area contributed by atoms with Gasteiger partial charge in [0, 0.05) is 0 Å². The Morgan fingerprint density at radius 3 is 1.47 bits per heavy atom. The monoisotopic (exact) mass is 224 g/mol. The summed E-state index contributed by atoms with van der Waals surface area (Å²) in [5.74, 6) is 0. The summed E-state index contributed by atoms with van der Waals surface area (Å²) < 4.78 is 0. The van der Waals surface area contributed by atoms with E-state index in [0.717, 1.165) is 0 Å². The number of hydrogen-bond donors (Lipinski definition) is 6. The first kappa shape index (κ1) is 14.8. The molecule has 0 heterocycles. The molecule has 92 valence electrons. The van der Waals surface area contributed by atoms with Crippen LogP contribution in [0.2, 0.25) is 0 Å². The van der Waals surface area contributed by atoms with E-state index in [1.807, 2.05) is 0 Å². The van der Waals surface area contributed by atoms with Gasteiger partial charge in [-0.05, 0) is 20.8 Å². The predicted molar refractivity (Wildman–Crippen MR) is 52.0 cm³/mol. The fourth-order valence-electron chi connectivity index (χ4n) is 1.09. The van der Waals surface area contributed by atoms with E-state index in [-0.39, 0.29) is 0 Å². The van der Waals surface area contributed by atoms with E-state index in [2.05, 4.69) is 0 Å². The van der Waals surface area contributed by atoms with Crippen molar-refractivity contribution in [2.45, 2.75) is 56.9 Å². The van der Waals surface area contributed by atoms with Crippen LogP contribution in [0.25, 0.3) is 0 Å². The van der Waals surface area contributed by atoms with Gasteiger partial charge in [0.05, 0.1) is 11.7 Å². The van der Waals surface area contributed by atoms with Crippen molar-refractivity contribution in [3.8, 4) is 0 Å². The van der Waals surface area contributed by atoms with E-state index in [1.165, 1.54) is 20.8 Å². The third-order valence-corrected chi connectivity index (χ3v) is 2.24. The van der Waals surface area contributed by atoms with Crippen LogP contribution in [-0.4, -0.2) is 66.8 Å². The van der Waals surface area contributed by atoms with Crippen LogP contribution in [0.5, 0.6) is 0 Å². The van der Waals surface area contributed by atoms with Crippen molar-refractivity contribution >= 4 is 0 Å². The van der Waals surface area contributed by atoms with Gasteiger partial charge in [-0.2, -0.15) is 0 Å². The number of aliphatic hydroxyl groups is 6. The summed E-state index contributed by atoms with van der Waals surface area (Å²) in [6.07, 6.45) is -7.93. The summed E-state index contributed by atoms with van der Waals surface area (Å²) in [4.78, 5) is 0. The van der Waals surface area contributed by atoms with E-state index in [4.69, 9.17) is 5.11 Å². The van der Waals surface area contributed by atoms with E-state index in [1.54, 1.807) is 0 Å². The number of hydrogen-bond acceptors (Lipinski definition) is 6. The van der Waals surface area contributed by atoms with Crippen molar-refractivity contribution < 1.29 is 30.6 Å². The first-order valence-corrected chi connectivity index (χ1v) is 4.71. The van der Waals surface area contributed by atoms with Gasteiger partial charge in [0.1, 0.15) is 24.4 Å². The topological polar surface area (TPSA) is 121 Å². The minimum atomic E-state index is -1.74. The molecule has 1 unspecified atom stereocenters. The third kappa shape index (κ3) is 4.02. The number of rotatable bonds is 5. The molecule has 6 nitrogen and oxygen atoms in total. The molecule has 15 heavy (non-hydrogen) atoms. The maximum Gasteiger partial charge on any atom is 0.111 e. The lowest BCUT2D eigenvalue weighted by atomic mass is 9.91. The fourth-order valence-corrected chi connectivity index (χ4v) is 1.09. The average Bonchev–Trinajstić information content (AvgIpc) is 2.11. The van der Waals surface area contributed by atoms with Crippen LogP contribution in [-0.2, 0) is 0 Å². The summed E-state index contributed by atoms with van der Waals surface area (Å²) in [5.41, 5.74) is -1.61. The lowest BCUT2D eigenvalue weighted by Crippen LogP contribution is -2.54. The van der Waals surface area contributed by atoms with Crippen molar-refractivity contribution in [3.05, 3.63) is 0 Å². The van der Waals surface area contributed by atoms with Gasteiger partial charge in [-0.15, -0.1) is 0 Å². The zero-order chi connectivity index (χ0) is 12.4. The molecule has 0 aliphatic heterocycles. The van der Waals surface area contributed by atoms with Crippen LogP contribution in [0.3, 0.4) is 0 Å². The predicted octanol–water partition coefficient (Wildman–Crippen LogP) is -2.42. The molecule has 0 radical (unpaired) electrons. The Balaban J connectivity index is 4.51. The summed E-state index contributed by atoms with van der Waals surface area (Å²) in [6.45, 7) is 3.74. The number of aliphatic hydroxyl groups excluding tert-OH is 5. The van der Waals surface area contributed by atoms with Crippen LogP contribution in [0, 0.1) is 0 Å². The van der Waals surface area contributed by atoms with Crippen LogP contribution < -0.4 is 0 Å². The van der Waals surface area contributed by atoms with Crippen molar-refractivity contribution in [2.24, 2.45) is 0 Å². The van der Waals surface area contributed by atoms with Gasteiger partial charge in [0.15, 0.2) is 0 Å². The zero-order valence-corrected chi connectivity index (χ0v) is 9.07. The highest BCUT2D eigenvalue weighted by Crippen LogP contribution is 2.17. The molecule has 0 rings (SSSR count). The van der Waals surface area contributed by atoms with Crippen LogP contribution in [0.15, 0.2) is 0 Å². The highest BCUT2D eigenvalue weighted by Gasteiger charge is 2.39. The molecule has 0 aromatic heterocycles. The largest absolute Gasteiger partial charge is 0.391 e. The second-order valence-corrected chi connectivity index (χ2v) is 4.31. The average molecular weight is 224 g/mol. The van der Waals surface area contributed by atoms with Gasteiger partial charge in [0.2, 0.25) is 0 Å². The van der Waals surface area contributed by atoms with Crippen molar-refractivity contribution in [1.29, 1.82) is 0 Å². The standard InChI is InChI=1S/C9H20O6/c1-4(10)5(11)6(12)7(13)8(14)9(2,3)15/h4-8,10-15H,1-3H3/t4?,5-,6+,7-,8+/m1/s1. The Bertz CT molecular complexity index is 188. The summed E-state index contributed by atoms with van der Waals surface area (Å²) in [5, 5.41) is 55.7. The van der Waals surface area contributed by atoms with Gasteiger partial charge in [0.25, 0.3) is 0 Å².